The van der Waals surface area contributed by atoms with E-state index in [1.54, 1.807) is 49.4 Å². The lowest BCUT2D eigenvalue weighted by Crippen LogP contribution is -2.50. The van der Waals surface area contributed by atoms with Crippen molar-refractivity contribution in [2.45, 2.75) is 24.4 Å². The highest BCUT2D eigenvalue weighted by atomic mass is 35.5. The van der Waals surface area contributed by atoms with Gasteiger partial charge in [0.05, 0.1) is 20.6 Å². The minimum atomic E-state index is -4.24. The quantitative estimate of drug-likeness (QED) is 0.393. The molecule has 0 aliphatic heterocycles. The van der Waals surface area contributed by atoms with E-state index in [9.17, 15) is 18.0 Å². The predicted molar refractivity (Wildman–Crippen MR) is 143 cm³/mol. The molecule has 36 heavy (non-hydrogen) atoms. The smallest absolute Gasteiger partial charge is 0.264 e. The number of benzene rings is 3. The summed E-state index contributed by atoms with van der Waals surface area (Å²) in [4.78, 5) is 27.4. The predicted octanol–water partition coefficient (Wildman–Crippen LogP) is 5.01. The number of hydrogen-bond donors (Lipinski definition) is 1. The second-order valence-electron chi connectivity index (χ2n) is 7.80. The first-order valence-corrected chi connectivity index (χ1v) is 13.4. The Labute approximate surface area is 225 Å². The van der Waals surface area contributed by atoms with Crippen LogP contribution in [0.1, 0.15) is 12.5 Å². The summed E-state index contributed by atoms with van der Waals surface area (Å²) in [5.74, 6) is -1.06. The Bertz CT molecular complexity index is 1350. The number of anilines is 1. The molecule has 1 atom stereocenters. The van der Waals surface area contributed by atoms with Crippen LogP contribution in [0.15, 0.2) is 77.7 Å². The van der Waals surface area contributed by atoms with Crippen molar-refractivity contribution >= 4 is 62.3 Å². The molecule has 0 radical (unpaired) electrons. The van der Waals surface area contributed by atoms with Gasteiger partial charge in [0.2, 0.25) is 11.8 Å². The summed E-state index contributed by atoms with van der Waals surface area (Å²) in [5, 5.41) is 3.03. The molecule has 0 aliphatic rings. The molecule has 0 saturated carbocycles. The van der Waals surface area contributed by atoms with E-state index >= 15 is 0 Å². The average Bonchev–Trinajstić information content (AvgIpc) is 2.88. The highest BCUT2D eigenvalue weighted by Gasteiger charge is 2.33. The number of hydrogen-bond acceptors (Lipinski definition) is 4. The van der Waals surface area contributed by atoms with Crippen LogP contribution in [-0.4, -0.2) is 44.8 Å². The summed E-state index contributed by atoms with van der Waals surface area (Å²) in [7, 11) is -2.79. The molecule has 0 aliphatic carbocycles. The van der Waals surface area contributed by atoms with Crippen LogP contribution in [-0.2, 0) is 26.2 Å². The maximum absolute atomic E-state index is 13.7. The Hall–Kier alpha value is -2.78. The zero-order chi connectivity index (χ0) is 26.5. The van der Waals surface area contributed by atoms with Gasteiger partial charge in [0, 0.05) is 18.6 Å². The van der Waals surface area contributed by atoms with Gasteiger partial charge >= 0.3 is 0 Å². The molecular formula is C25H24Cl3N3O4S. The van der Waals surface area contributed by atoms with Gasteiger partial charge in [-0.25, -0.2) is 8.42 Å². The molecule has 11 heteroatoms. The highest BCUT2D eigenvalue weighted by molar-refractivity contribution is 7.92. The first kappa shape index (κ1) is 27.8. The van der Waals surface area contributed by atoms with Crippen LogP contribution in [0.25, 0.3) is 0 Å². The van der Waals surface area contributed by atoms with Crippen molar-refractivity contribution in [2.24, 2.45) is 0 Å². The Morgan fingerprint density at radius 1 is 0.889 bits per heavy atom. The van der Waals surface area contributed by atoms with E-state index in [1.165, 1.54) is 42.3 Å². The second kappa shape index (κ2) is 12.0. The van der Waals surface area contributed by atoms with Crippen molar-refractivity contribution < 1.29 is 18.0 Å². The van der Waals surface area contributed by atoms with E-state index < -0.39 is 34.4 Å². The number of halogens is 3. The molecule has 190 valence electrons. The van der Waals surface area contributed by atoms with Crippen LogP contribution in [0.4, 0.5) is 5.69 Å². The molecule has 0 fully saturated rings. The van der Waals surface area contributed by atoms with E-state index in [4.69, 9.17) is 34.8 Å². The Morgan fingerprint density at radius 3 is 2.14 bits per heavy atom. The van der Waals surface area contributed by atoms with Gasteiger partial charge < -0.3 is 10.2 Å². The molecule has 0 bridgehead atoms. The third-order valence-electron chi connectivity index (χ3n) is 5.52. The van der Waals surface area contributed by atoms with Gasteiger partial charge in [0.25, 0.3) is 10.0 Å². The molecule has 0 spiro atoms. The zero-order valence-corrected chi connectivity index (χ0v) is 22.6. The number of rotatable bonds is 9. The van der Waals surface area contributed by atoms with E-state index in [0.29, 0.717) is 10.6 Å². The van der Waals surface area contributed by atoms with Crippen LogP contribution < -0.4 is 9.62 Å². The molecule has 0 aromatic heterocycles. The third-order valence-corrected chi connectivity index (χ3v) is 8.47. The van der Waals surface area contributed by atoms with Crippen LogP contribution in [0.5, 0.6) is 0 Å². The van der Waals surface area contributed by atoms with Gasteiger partial charge in [0.1, 0.15) is 12.6 Å². The lowest BCUT2D eigenvalue weighted by molar-refractivity contribution is -0.139. The molecule has 0 unspecified atom stereocenters. The van der Waals surface area contributed by atoms with E-state index in [-0.39, 0.29) is 27.2 Å². The fourth-order valence-electron chi connectivity index (χ4n) is 3.52. The molecule has 3 aromatic rings. The van der Waals surface area contributed by atoms with E-state index in [0.717, 1.165) is 4.31 Å². The van der Waals surface area contributed by atoms with Crippen molar-refractivity contribution in [3.63, 3.8) is 0 Å². The Morgan fingerprint density at radius 2 is 1.50 bits per heavy atom. The first-order chi connectivity index (χ1) is 17.1. The zero-order valence-electron chi connectivity index (χ0n) is 19.5. The number of carbonyl (C=O) groups excluding carboxylic acids is 2. The maximum Gasteiger partial charge on any atom is 0.264 e. The summed E-state index contributed by atoms with van der Waals surface area (Å²) in [5.41, 5.74) is 0.633. The van der Waals surface area contributed by atoms with Gasteiger partial charge in [-0.15, -0.1) is 0 Å². The molecule has 3 aromatic carbocycles. The van der Waals surface area contributed by atoms with Crippen molar-refractivity contribution in [3.05, 3.63) is 93.4 Å². The normalized spacial score (nSPS) is 12.0. The van der Waals surface area contributed by atoms with Crippen molar-refractivity contribution in [2.75, 3.05) is 17.9 Å². The molecule has 7 nitrogen and oxygen atoms in total. The van der Waals surface area contributed by atoms with Crippen LogP contribution in [0.3, 0.4) is 0 Å². The van der Waals surface area contributed by atoms with E-state index in [1.807, 2.05) is 0 Å². The van der Waals surface area contributed by atoms with Crippen molar-refractivity contribution in [1.29, 1.82) is 0 Å². The fraction of sp³-hybridized carbons (Fsp3) is 0.200. The summed E-state index contributed by atoms with van der Waals surface area (Å²) < 4.78 is 28.3. The highest BCUT2D eigenvalue weighted by Crippen LogP contribution is 2.35. The Kier molecular flexibility index (Phi) is 9.24. The summed E-state index contributed by atoms with van der Waals surface area (Å²) in [6.45, 7) is 0.897. The molecule has 1 N–H and O–H groups in total. The largest absolute Gasteiger partial charge is 0.357 e. The number of nitrogens with one attached hydrogen (secondary N) is 1. The van der Waals surface area contributed by atoms with Crippen molar-refractivity contribution in [1.82, 2.24) is 10.2 Å². The average molecular weight is 569 g/mol. The van der Waals surface area contributed by atoms with Gasteiger partial charge in [-0.2, -0.15) is 0 Å². The maximum atomic E-state index is 13.7. The van der Waals surface area contributed by atoms with Crippen molar-refractivity contribution in [3.8, 4) is 0 Å². The van der Waals surface area contributed by atoms with Gasteiger partial charge in [-0.05, 0) is 42.8 Å². The monoisotopic (exact) mass is 567 g/mol. The molecule has 0 saturated heterocycles. The van der Waals surface area contributed by atoms with Crippen LogP contribution >= 0.6 is 34.8 Å². The molecule has 0 heterocycles. The summed E-state index contributed by atoms with van der Waals surface area (Å²) in [6.07, 6.45) is 0. The third kappa shape index (κ3) is 6.13. The van der Waals surface area contributed by atoms with Crippen LogP contribution in [0.2, 0.25) is 15.1 Å². The lowest BCUT2D eigenvalue weighted by Gasteiger charge is -2.32. The number of sulfonamides is 1. The SMILES string of the molecule is CNC(=O)[C@H](C)N(Cc1ccccc1Cl)C(=O)CN(c1cccc(Cl)c1Cl)S(=O)(=O)c1ccccc1. The topological polar surface area (TPSA) is 86.8 Å². The minimum absolute atomic E-state index is 0.0183. The number of amides is 2. The van der Waals surface area contributed by atoms with Gasteiger partial charge in [-0.3, -0.25) is 13.9 Å². The van der Waals surface area contributed by atoms with Gasteiger partial charge in [0.15, 0.2) is 0 Å². The van der Waals surface area contributed by atoms with E-state index in [2.05, 4.69) is 5.32 Å². The molecular weight excluding hydrogens is 545 g/mol. The summed E-state index contributed by atoms with van der Waals surface area (Å²) in [6, 6.07) is 18.1. The lowest BCUT2D eigenvalue weighted by atomic mass is 10.1. The first-order valence-electron chi connectivity index (χ1n) is 10.8. The van der Waals surface area contributed by atoms with Crippen LogP contribution in [0, 0.1) is 0 Å². The minimum Gasteiger partial charge on any atom is -0.357 e. The fourth-order valence-corrected chi connectivity index (χ4v) is 5.61. The Balaban J connectivity index is 2.08. The summed E-state index contributed by atoms with van der Waals surface area (Å²) >= 11 is 18.9. The standard InChI is InChI=1S/C25H24Cl3N3O4S/c1-17(25(33)29-2)30(15-18-9-6-7-12-20(18)26)23(32)16-31(22-14-8-13-21(27)24(22)28)36(34,35)19-10-4-3-5-11-19/h3-14,17H,15-16H2,1-2H3,(H,29,33)/t17-/m0/s1. The number of nitrogens with zero attached hydrogens (tertiary/aromatic N) is 2. The molecule has 3 rings (SSSR count). The molecule has 2 amide bonds. The number of carbonyl (C=O) groups is 2. The second-order valence-corrected chi connectivity index (χ2v) is 10.9. The number of likely N-dealkylation sites (N-methyl/N-ethyl adjacent to an activating group) is 1. The van der Waals surface area contributed by atoms with Gasteiger partial charge in [-0.1, -0.05) is 77.3 Å².